The van der Waals surface area contributed by atoms with Gasteiger partial charge in [-0.3, -0.25) is 14.5 Å². The summed E-state index contributed by atoms with van der Waals surface area (Å²) >= 11 is 0. The normalized spacial score (nSPS) is 24.8. The van der Waals surface area contributed by atoms with E-state index >= 15 is 0 Å². The second-order valence-corrected chi connectivity index (χ2v) is 4.92. The number of aliphatic carboxylic acids is 1. The van der Waals surface area contributed by atoms with Crippen LogP contribution in [0.25, 0.3) is 0 Å². The molecule has 1 heterocycles. The molecular formula is C12H22N2O4. The van der Waals surface area contributed by atoms with E-state index in [1.165, 1.54) is 0 Å². The van der Waals surface area contributed by atoms with Crippen LogP contribution in [0.4, 0.5) is 0 Å². The van der Waals surface area contributed by atoms with E-state index in [0.29, 0.717) is 25.4 Å². The van der Waals surface area contributed by atoms with Crippen LogP contribution in [0.15, 0.2) is 0 Å². The molecule has 0 saturated carbocycles. The van der Waals surface area contributed by atoms with Crippen LogP contribution in [0.3, 0.4) is 0 Å². The highest BCUT2D eigenvalue weighted by Crippen LogP contribution is 2.16. The Balaban J connectivity index is 2.14. The maximum atomic E-state index is 11.6. The van der Waals surface area contributed by atoms with Gasteiger partial charge in [0.15, 0.2) is 0 Å². The SMILES string of the molecule is CC1CCN(CC(=O)NCCCC(=O)O)CC1O. The van der Waals surface area contributed by atoms with Gasteiger partial charge in [-0.15, -0.1) is 0 Å². The fourth-order valence-corrected chi connectivity index (χ4v) is 1.98. The van der Waals surface area contributed by atoms with Crippen molar-refractivity contribution in [3.63, 3.8) is 0 Å². The molecule has 0 aromatic heterocycles. The lowest BCUT2D eigenvalue weighted by atomic mass is 9.96. The van der Waals surface area contributed by atoms with Gasteiger partial charge in [-0.25, -0.2) is 0 Å². The first-order valence-corrected chi connectivity index (χ1v) is 6.38. The second kappa shape index (κ2) is 7.33. The van der Waals surface area contributed by atoms with Crippen LogP contribution >= 0.6 is 0 Å². The van der Waals surface area contributed by atoms with Gasteiger partial charge in [-0.05, 0) is 25.3 Å². The summed E-state index contributed by atoms with van der Waals surface area (Å²) in [7, 11) is 0. The minimum atomic E-state index is -0.850. The van der Waals surface area contributed by atoms with E-state index < -0.39 is 5.97 Å². The number of aliphatic hydroxyl groups excluding tert-OH is 1. The molecule has 6 heteroatoms. The zero-order valence-corrected chi connectivity index (χ0v) is 10.8. The maximum absolute atomic E-state index is 11.6. The molecule has 18 heavy (non-hydrogen) atoms. The van der Waals surface area contributed by atoms with Gasteiger partial charge in [-0.2, -0.15) is 0 Å². The standard InChI is InChI=1S/C12H22N2O4/c1-9-4-6-14(7-10(9)15)8-11(16)13-5-2-3-12(17)18/h9-10,15H,2-8H2,1H3,(H,13,16)(H,17,18). The Morgan fingerprint density at radius 1 is 1.44 bits per heavy atom. The number of piperidine rings is 1. The molecular weight excluding hydrogens is 236 g/mol. The first-order valence-electron chi connectivity index (χ1n) is 6.38. The van der Waals surface area contributed by atoms with Crippen LogP contribution in [0.2, 0.25) is 0 Å². The molecule has 1 saturated heterocycles. The Bertz CT molecular complexity index is 296. The molecule has 3 N–H and O–H groups in total. The number of carboxylic acids is 1. The predicted octanol–water partition coefficient (Wildman–Crippen LogP) is -0.330. The van der Waals surface area contributed by atoms with E-state index in [4.69, 9.17) is 5.11 Å². The molecule has 0 aliphatic carbocycles. The van der Waals surface area contributed by atoms with Crippen LogP contribution in [-0.2, 0) is 9.59 Å². The summed E-state index contributed by atoms with van der Waals surface area (Å²) in [6.45, 7) is 4.02. The summed E-state index contributed by atoms with van der Waals surface area (Å²) in [6, 6.07) is 0. The third-order valence-electron chi connectivity index (χ3n) is 3.26. The number of carbonyl (C=O) groups is 2. The average Bonchev–Trinajstić information content (AvgIpc) is 2.29. The zero-order chi connectivity index (χ0) is 13.5. The van der Waals surface area contributed by atoms with Crippen molar-refractivity contribution in [1.29, 1.82) is 0 Å². The molecule has 1 amide bonds. The van der Waals surface area contributed by atoms with Crippen molar-refractivity contribution in [3.05, 3.63) is 0 Å². The monoisotopic (exact) mass is 258 g/mol. The molecule has 2 unspecified atom stereocenters. The number of carboxylic acid groups (broad SMARTS) is 1. The van der Waals surface area contributed by atoms with Crippen molar-refractivity contribution in [2.75, 3.05) is 26.2 Å². The van der Waals surface area contributed by atoms with Crippen molar-refractivity contribution in [1.82, 2.24) is 10.2 Å². The Labute approximate surface area is 107 Å². The molecule has 0 radical (unpaired) electrons. The number of nitrogens with zero attached hydrogens (tertiary/aromatic N) is 1. The lowest BCUT2D eigenvalue weighted by molar-refractivity contribution is -0.137. The van der Waals surface area contributed by atoms with Gasteiger partial charge in [0, 0.05) is 19.5 Å². The summed E-state index contributed by atoms with van der Waals surface area (Å²) in [5, 5.41) is 20.8. The van der Waals surface area contributed by atoms with Gasteiger partial charge in [0.25, 0.3) is 0 Å². The summed E-state index contributed by atoms with van der Waals surface area (Å²) < 4.78 is 0. The van der Waals surface area contributed by atoms with Gasteiger partial charge in [-0.1, -0.05) is 6.92 Å². The minimum Gasteiger partial charge on any atom is -0.481 e. The first-order chi connectivity index (χ1) is 8.49. The van der Waals surface area contributed by atoms with Gasteiger partial charge in [0.2, 0.25) is 5.91 Å². The molecule has 104 valence electrons. The van der Waals surface area contributed by atoms with Crippen LogP contribution < -0.4 is 5.32 Å². The number of β-amino-alcohol motifs (C(OH)–C–C–N with tert-alkyl or cyclic N) is 1. The fraction of sp³-hybridized carbons (Fsp3) is 0.833. The minimum absolute atomic E-state index is 0.0697. The number of hydrogen-bond acceptors (Lipinski definition) is 4. The van der Waals surface area contributed by atoms with Crippen LogP contribution in [0.5, 0.6) is 0 Å². The average molecular weight is 258 g/mol. The van der Waals surface area contributed by atoms with Crippen LogP contribution in [0, 0.1) is 5.92 Å². The second-order valence-electron chi connectivity index (χ2n) is 4.92. The molecule has 1 aliphatic rings. The van der Waals surface area contributed by atoms with Gasteiger partial charge in [0.1, 0.15) is 0 Å². The quantitative estimate of drug-likeness (QED) is 0.568. The Hall–Kier alpha value is -1.14. The summed E-state index contributed by atoms with van der Waals surface area (Å²) in [5.41, 5.74) is 0. The summed E-state index contributed by atoms with van der Waals surface area (Å²) in [4.78, 5) is 23.8. The van der Waals surface area contributed by atoms with Gasteiger partial charge >= 0.3 is 5.97 Å². The lowest BCUT2D eigenvalue weighted by Crippen LogP contribution is -2.47. The van der Waals surface area contributed by atoms with Crippen molar-refractivity contribution in [3.8, 4) is 0 Å². The zero-order valence-electron chi connectivity index (χ0n) is 10.8. The number of amides is 1. The third kappa shape index (κ3) is 5.46. The van der Waals surface area contributed by atoms with Crippen molar-refractivity contribution in [2.45, 2.75) is 32.3 Å². The van der Waals surface area contributed by atoms with E-state index in [-0.39, 0.29) is 25.0 Å². The van der Waals surface area contributed by atoms with E-state index in [1.807, 2.05) is 11.8 Å². The Kier molecular flexibility index (Phi) is 6.07. The molecule has 6 nitrogen and oxygen atoms in total. The van der Waals surface area contributed by atoms with Crippen LogP contribution in [-0.4, -0.2) is 59.3 Å². The Morgan fingerprint density at radius 2 is 2.17 bits per heavy atom. The number of nitrogens with one attached hydrogen (secondary N) is 1. The predicted molar refractivity (Wildman–Crippen MR) is 66.1 cm³/mol. The first kappa shape index (κ1) is 14.9. The number of carbonyl (C=O) groups excluding carboxylic acids is 1. The third-order valence-corrected chi connectivity index (χ3v) is 3.26. The van der Waals surface area contributed by atoms with Crippen LogP contribution in [0.1, 0.15) is 26.2 Å². The highest BCUT2D eigenvalue weighted by atomic mass is 16.4. The molecule has 0 aromatic rings. The number of likely N-dealkylation sites (tertiary alicyclic amines) is 1. The van der Waals surface area contributed by atoms with E-state index in [0.717, 1.165) is 13.0 Å². The maximum Gasteiger partial charge on any atom is 0.303 e. The van der Waals surface area contributed by atoms with E-state index in [1.54, 1.807) is 0 Å². The topological polar surface area (TPSA) is 89.9 Å². The molecule has 1 rings (SSSR count). The van der Waals surface area contributed by atoms with Crippen molar-refractivity contribution in [2.24, 2.45) is 5.92 Å². The smallest absolute Gasteiger partial charge is 0.303 e. The lowest BCUT2D eigenvalue weighted by Gasteiger charge is -2.33. The molecule has 0 aromatic carbocycles. The van der Waals surface area contributed by atoms with Gasteiger partial charge < -0.3 is 15.5 Å². The fourth-order valence-electron chi connectivity index (χ4n) is 1.98. The molecule has 0 bridgehead atoms. The molecule has 0 spiro atoms. The van der Waals surface area contributed by atoms with E-state index in [2.05, 4.69) is 5.32 Å². The summed E-state index contributed by atoms with van der Waals surface area (Å²) in [6.07, 6.45) is 1.05. The highest BCUT2D eigenvalue weighted by Gasteiger charge is 2.25. The molecule has 2 atom stereocenters. The number of aliphatic hydroxyl groups is 1. The number of rotatable bonds is 6. The molecule has 1 fully saturated rings. The largest absolute Gasteiger partial charge is 0.481 e. The summed E-state index contributed by atoms with van der Waals surface area (Å²) in [5.74, 6) is -0.667. The van der Waals surface area contributed by atoms with Crippen molar-refractivity contribution < 1.29 is 19.8 Å². The highest BCUT2D eigenvalue weighted by molar-refractivity contribution is 5.78. The Morgan fingerprint density at radius 3 is 2.78 bits per heavy atom. The molecule has 1 aliphatic heterocycles. The number of hydrogen-bond donors (Lipinski definition) is 3. The van der Waals surface area contributed by atoms with Crippen molar-refractivity contribution >= 4 is 11.9 Å². The van der Waals surface area contributed by atoms with Gasteiger partial charge in [0.05, 0.1) is 12.6 Å². The van der Waals surface area contributed by atoms with E-state index in [9.17, 15) is 14.7 Å².